The third kappa shape index (κ3) is 3.07. The molecule has 1 fully saturated rings. The molecule has 0 unspecified atom stereocenters. The summed E-state index contributed by atoms with van der Waals surface area (Å²) in [6.07, 6.45) is -0.749. The van der Waals surface area contributed by atoms with Gasteiger partial charge in [-0.15, -0.1) is 0 Å². The first kappa shape index (κ1) is 15.5. The van der Waals surface area contributed by atoms with Crippen LogP contribution in [0.25, 0.3) is 0 Å². The highest BCUT2D eigenvalue weighted by molar-refractivity contribution is 5.88. The number of nitrogens with zero attached hydrogens (tertiary/aromatic N) is 2. The molecule has 1 aromatic heterocycles. The van der Waals surface area contributed by atoms with E-state index in [4.69, 9.17) is 4.52 Å². The molecule has 0 radical (unpaired) electrons. The van der Waals surface area contributed by atoms with Gasteiger partial charge in [0.1, 0.15) is 17.7 Å². The third-order valence-corrected chi connectivity index (χ3v) is 3.73. The number of carbonyl (C=O) groups is 2. The number of aliphatic carboxylic acids is 1. The van der Waals surface area contributed by atoms with E-state index in [9.17, 15) is 19.8 Å². The second-order valence-electron chi connectivity index (χ2n) is 5.83. The first-order chi connectivity index (χ1) is 9.81. The Balaban J connectivity index is 2.28. The van der Waals surface area contributed by atoms with Gasteiger partial charge in [-0.2, -0.15) is 0 Å². The highest BCUT2D eigenvalue weighted by Crippen LogP contribution is 2.30. The lowest BCUT2D eigenvalue weighted by Gasteiger charge is -2.27. The van der Waals surface area contributed by atoms with Gasteiger partial charge in [0.2, 0.25) is 5.91 Å². The Morgan fingerprint density at radius 3 is 2.62 bits per heavy atom. The quantitative estimate of drug-likeness (QED) is 0.850. The van der Waals surface area contributed by atoms with Gasteiger partial charge in [0.15, 0.2) is 0 Å². The van der Waals surface area contributed by atoms with Gasteiger partial charge in [-0.25, -0.2) is 4.79 Å². The molecular formula is C14H20N2O5. The molecule has 1 aliphatic heterocycles. The normalized spacial score (nSPS) is 23.6. The van der Waals surface area contributed by atoms with Gasteiger partial charge < -0.3 is 19.6 Å². The maximum atomic E-state index is 12.7. The second kappa shape index (κ2) is 5.85. The van der Waals surface area contributed by atoms with Gasteiger partial charge in [0, 0.05) is 19.0 Å². The fraction of sp³-hybridized carbons (Fsp3) is 0.643. The molecule has 3 atom stereocenters. The van der Waals surface area contributed by atoms with Crippen LogP contribution in [-0.4, -0.2) is 50.8 Å². The zero-order valence-corrected chi connectivity index (χ0v) is 12.3. The van der Waals surface area contributed by atoms with Gasteiger partial charge in [-0.1, -0.05) is 19.0 Å². The Kier molecular flexibility index (Phi) is 4.32. The summed E-state index contributed by atoms with van der Waals surface area (Å²) in [6, 6.07) is 0.697. The Morgan fingerprint density at radius 2 is 2.14 bits per heavy atom. The van der Waals surface area contributed by atoms with Crippen LogP contribution in [0.5, 0.6) is 0 Å². The minimum Gasteiger partial charge on any atom is -0.480 e. The molecule has 2 rings (SSSR count). The van der Waals surface area contributed by atoms with E-state index in [1.807, 2.05) is 13.8 Å². The van der Waals surface area contributed by atoms with Crippen LogP contribution in [0.1, 0.15) is 37.6 Å². The Bertz CT molecular complexity index is 539. The highest BCUT2D eigenvalue weighted by Gasteiger charge is 2.43. The molecule has 0 bridgehead atoms. The van der Waals surface area contributed by atoms with Crippen molar-refractivity contribution >= 4 is 11.9 Å². The predicted octanol–water partition coefficient (Wildman–Crippen LogP) is 0.769. The lowest BCUT2D eigenvalue weighted by Crippen LogP contribution is -2.44. The predicted molar refractivity (Wildman–Crippen MR) is 72.6 cm³/mol. The van der Waals surface area contributed by atoms with E-state index in [-0.39, 0.29) is 24.8 Å². The molecule has 0 aliphatic carbocycles. The number of carboxylic acid groups (broad SMARTS) is 1. The Morgan fingerprint density at radius 1 is 1.48 bits per heavy atom. The standard InChI is InChI=1S/C14H20N2O5/c1-7(2)12(11-4-8(3)15-21-11)13(18)16-6-9(17)5-10(16)14(19)20/h4,7,9-10,12,17H,5-6H2,1-3H3,(H,19,20)/t9-,10+,12-/m1/s1. The van der Waals surface area contributed by atoms with Crippen LogP contribution in [0.4, 0.5) is 0 Å². The van der Waals surface area contributed by atoms with Gasteiger partial charge >= 0.3 is 5.97 Å². The highest BCUT2D eigenvalue weighted by atomic mass is 16.5. The summed E-state index contributed by atoms with van der Waals surface area (Å²) >= 11 is 0. The van der Waals surface area contributed by atoms with Crippen molar-refractivity contribution < 1.29 is 24.3 Å². The van der Waals surface area contributed by atoms with E-state index < -0.39 is 24.0 Å². The molecule has 116 valence electrons. The van der Waals surface area contributed by atoms with Crippen molar-refractivity contribution in [1.29, 1.82) is 0 Å². The summed E-state index contributed by atoms with van der Waals surface area (Å²) in [4.78, 5) is 25.2. The van der Waals surface area contributed by atoms with Crippen LogP contribution in [0.3, 0.4) is 0 Å². The molecule has 0 saturated carbocycles. The Hall–Kier alpha value is -1.89. The van der Waals surface area contributed by atoms with E-state index in [0.29, 0.717) is 11.5 Å². The minimum absolute atomic E-state index is 0.0339. The number of amides is 1. The monoisotopic (exact) mass is 296 g/mol. The first-order valence-electron chi connectivity index (χ1n) is 6.95. The van der Waals surface area contributed by atoms with Crippen molar-refractivity contribution in [3.05, 3.63) is 17.5 Å². The number of aliphatic hydroxyl groups excluding tert-OH is 1. The van der Waals surface area contributed by atoms with Crippen LogP contribution in [-0.2, 0) is 9.59 Å². The van der Waals surface area contributed by atoms with Crippen molar-refractivity contribution in [2.75, 3.05) is 6.54 Å². The largest absolute Gasteiger partial charge is 0.480 e. The number of aromatic nitrogens is 1. The molecule has 0 aromatic carbocycles. The molecule has 2 N–H and O–H groups in total. The van der Waals surface area contributed by atoms with E-state index in [1.54, 1.807) is 13.0 Å². The maximum absolute atomic E-state index is 12.7. The van der Waals surface area contributed by atoms with Gasteiger partial charge in [0.05, 0.1) is 11.8 Å². The zero-order chi connectivity index (χ0) is 15.7. The number of hydrogen-bond acceptors (Lipinski definition) is 5. The molecule has 7 nitrogen and oxygen atoms in total. The molecule has 1 amide bonds. The number of aryl methyl sites for hydroxylation is 1. The summed E-state index contributed by atoms with van der Waals surface area (Å²) in [5.41, 5.74) is 0.666. The van der Waals surface area contributed by atoms with E-state index in [1.165, 1.54) is 4.90 Å². The average molecular weight is 296 g/mol. The van der Waals surface area contributed by atoms with E-state index in [2.05, 4.69) is 5.16 Å². The van der Waals surface area contributed by atoms with E-state index in [0.717, 1.165) is 0 Å². The summed E-state index contributed by atoms with van der Waals surface area (Å²) < 4.78 is 5.18. The van der Waals surface area contributed by atoms with E-state index >= 15 is 0 Å². The first-order valence-corrected chi connectivity index (χ1v) is 6.95. The average Bonchev–Trinajstić information content (AvgIpc) is 2.95. The second-order valence-corrected chi connectivity index (χ2v) is 5.83. The number of hydrogen-bond donors (Lipinski definition) is 2. The fourth-order valence-corrected chi connectivity index (χ4v) is 2.74. The van der Waals surface area contributed by atoms with Gasteiger partial charge in [0.25, 0.3) is 0 Å². The molecule has 0 spiro atoms. The maximum Gasteiger partial charge on any atom is 0.326 e. The topological polar surface area (TPSA) is 104 Å². The molecule has 21 heavy (non-hydrogen) atoms. The third-order valence-electron chi connectivity index (χ3n) is 3.73. The van der Waals surface area contributed by atoms with Gasteiger partial charge in [-0.3, -0.25) is 4.79 Å². The van der Waals surface area contributed by atoms with Crippen LogP contribution < -0.4 is 0 Å². The summed E-state index contributed by atoms with van der Waals surface area (Å²) in [7, 11) is 0. The van der Waals surface area contributed by atoms with Crippen LogP contribution in [0, 0.1) is 12.8 Å². The number of rotatable bonds is 4. The number of carbonyl (C=O) groups excluding carboxylic acids is 1. The van der Waals surface area contributed by atoms with Crippen molar-refractivity contribution in [2.45, 2.75) is 45.3 Å². The number of β-amino-alcohol motifs (C(OH)–C–C–N with tert-alkyl or cyclic N) is 1. The number of carboxylic acids is 1. The molecule has 1 saturated heterocycles. The lowest BCUT2D eigenvalue weighted by atomic mass is 9.91. The smallest absolute Gasteiger partial charge is 0.326 e. The molecular weight excluding hydrogens is 276 g/mol. The lowest BCUT2D eigenvalue weighted by molar-refractivity contribution is -0.149. The zero-order valence-electron chi connectivity index (χ0n) is 12.3. The van der Waals surface area contributed by atoms with Crippen molar-refractivity contribution in [1.82, 2.24) is 10.1 Å². The van der Waals surface area contributed by atoms with Crippen molar-refractivity contribution in [3.8, 4) is 0 Å². The van der Waals surface area contributed by atoms with Crippen LogP contribution in [0.15, 0.2) is 10.6 Å². The fourth-order valence-electron chi connectivity index (χ4n) is 2.74. The summed E-state index contributed by atoms with van der Waals surface area (Å²) in [6.45, 7) is 5.52. The van der Waals surface area contributed by atoms with Crippen LogP contribution >= 0.6 is 0 Å². The van der Waals surface area contributed by atoms with Crippen LogP contribution in [0.2, 0.25) is 0 Å². The summed E-state index contributed by atoms with van der Waals surface area (Å²) in [5, 5.41) is 22.7. The number of aliphatic hydroxyl groups is 1. The minimum atomic E-state index is -1.10. The Labute approximate surface area is 122 Å². The molecule has 2 heterocycles. The molecule has 1 aromatic rings. The van der Waals surface area contributed by atoms with Crippen molar-refractivity contribution in [2.24, 2.45) is 5.92 Å². The van der Waals surface area contributed by atoms with Gasteiger partial charge in [-0.05, 0) is 12.8 Å². The van der Waals surface area contributed by atoms with Crippen molar-refractivity contribution in [3.63, 3.8) is 0 Å². The molecule has 1 aliphatic rings. The summed E-state index contributed by atoms with van der Waals surface area (Å²) in [5.74, 6) is -1.69. The SMILES string of the molecule is Cc1cc([C@H](C(=O)N2C[C@H](O)C[C@H]2C(=O)O)C(C)C)on1. The number of likely N-dealkylation sites (tertiary alicyclic amines) is 1. The molecule has 7 heteroatoms.